The molecule has 0 atom stereocenters. The van der Waals surface area contributed by atoms with Crippen molar-refractivity contribution in [3.63, 3.8) is 0 Å². The smallest absolute Gasteiger partial charge is 0.167 e. The van der Waals surface area contributed by atoms with Crippen molar-refractivity contribution < 1.29 is 9.47 Å². The molecule has 0 unspecified atom stereocenters. The Labute approximate surface area is 179 Å². The van der Waals surface area contributed by atoms with Gasteiger partial charge in [0.05, 0.1) is 7.11 Å². The van der Waals surface area contributed by atoms with E-state index in [-0.39, 0.29) is 11.0 Å². The lowest BCUT2D eigenvalue weighted by atomic mass is 9.81. The molecule has 1 N–H and O–H groups in total. The molecular formula is C24H34BrNO2. The third-order valence-electron chi connectivity index (χ3n) is 4.61. The van der Waals surface area contributed by atoms with Crippen LogP contribution < -0.4 is 14.8 Å². The van der Waals surface area contributed by atoms with Crippen LogP contribution in [0.15, 0.2) is 40.9 Å². The van der Waals surface area contributed by atoms with Crippen LogP contribution in [0.5, 0.6) is 11.5 Å². The monoisotopic (exact) mass is 447 g/mol. The number of ether oxygens (including phenoxy) is 2. The van der Waals surface area contributed by atoms with Crippen molar-refractivity contribution in [1.29, 1.82) is 0 Å². The highest BCUT2D eigenvalue weighted by atomic mass is 79.9. The van der Waals surface area contributed by atoms with E-state index in [2.05, 4.69) is 87.1 Å². The minimum absolute atomic E-state index is 0.00892. The lowest BCUT2D eigenvalue weighted by Crippen LogP contribution is -2.42. The van der Waals surface area contributed by atoms with Gasteiger partial charge in [0.15, 0.2) is 11.5 Å². The average molecular weight is 448 g/mol. The van der Waals surface area contributed by atoms with Crippen LogP contribution >= 0.6 is 15.9 Å². The Bertz CT molecular complexity index is 776. The molecule has 0 radical (unpaired) electrons. The SMILES string of the molecule is COc1ccc(Br)c(CNC(C)(C)CC(C)(C)C)c1OCc1ccc(C)cc1. The lowest BCUT2D eigenvalue weighted by Gasteiger charge is -2.34. The van der Waals surface area contributed by atoms with Gasteiger partial charge in [-0.15, -0.1) is 0 Å². The predicted molar refractivity (Wildman–Crippen MR) is 121 cm³/mol. The van der Waals surface area contributed by atoms with E-state index < -0.39 is 0 Å². The fourth-order valence-electron chi connectivity index (χ4n) is 3.62. The molecule has 0 aliphatic carbocycles. The van der Waals surface area contributed by atoms with E-state index in [1.54, 1.807) is 7.11 Å². The third kappa shape index (κ3) is 6.82. The van der Waals surface area contributed by atoms with Crippen molar-refractivity contribution >= 4 is 15.9 Å². The molecule has 2 aromatic carbocycles. The molecule has 0 spiro atoms. The number of rotatable bonds is 8. The molecule has 0 amide bonds. The summed E-state index contributed by atoms with van der Waals surface area (Å²) < 4.78 is 12.8. The first kappa shape index (κ1) is 22.8. The van der Waals surface area contributed by atoms with Crippen molar-refractivity contribution in [3.8, 4) is 11.5 Å². The summed E-state index contributed by atoms with van der Waals surface area (Å²) in [7, 11) is 1.68. The number of nitrogens with one attached hydrogen (secondary N) is 1. The zero-order valence-electron chi connectivity index (χ0n) is 18.3. The Morgan fingerprint density at radius 1 is 0.964 bits per heavy atom. The van der Waals surface area contributed by atoms with Crippen LogP contribution in [-0.4, -0.2) is 12.6 Å². The first-order valence-electron chi connectivity index (χ1n) is 9.79. The minimum atomic E-state index is 0.00892. The fraction of sp³-hybridized carbons (Fsp3) is 0.500. The number of hydrogen-bond acceptors (Lipinski definition) is 3. The molecule has 0 aliphatic heterocycles. The summed E-state index contributed by atoms with van der Waals surface area (Å²) in [6.45, 7) is 14.6. The summed E-state index contributed by atoms with van der Waals surface area (Å²) in [6, 6.07) is 12.4. The zero-order valence-corrected chi connectivity index (χ0v) is 19.9. The van der Waals surface area contributed by atoms with E-state index in [4.69, 9.17) is 9.47 Å². The molecule has 0 fully saturated rings. The van der Waals surface area contributed by atoms with Crippen molar-refractivity contribution in [2.75, 3.05) is 7.11 Å². The largest absolute Gasteiger partial charge is 0.493 e. The van der Waals surface area contributed by atoms with E-state index in [1.165, 1.54) is 5.56 Å². The second kappa shape index (κ2) is 9.32. The Morgan fingerprint density at radius 3 is 2.18 bits per heavy atom. The van der Waals surface area contributed by atoms with Crippen LogP contribution in [0, 0.1) is 12.3 Å². The van der Waals surface area contributed by atoms with E-state index in [9.17, 15) is 0 Å². The molecule has 0 heterocycles. The van der Waals surface area contributed by atoms with Crippen LogP contribution in [-0.2, 0) is 13.2 Å². The molecule has 0 aromatic heterocycles. The normalized spacial score (nSPS) is 12.1. The van der Waals surface area contributed by atoms with E-state index in [1.807, 2.05) is 12.1 Å². The van der Waals surface area contributed by atoms with Gasteiger partial charge in [0, 0.05) is 22.1 Å². The summed E-state index contributed by atoms with van der Waals surface area (Å²) in [5.74, 6) is 1.54. The van der Waals surface area contributed by atoms with Gasteiger partial charge in [0.25, 0.3) is 0 Å². The summed E-state index contributed by atoms with van der Waals surface area (Å²) >= 11 is 3.70. The highest BCUT2D eigenvalue weighted by Gasteiger charge is 2.26. The molecule has 0 bridgehead atoms. The topological polar surface area (TPSA) is 30.5 Å². The van der Waals surface area contributed by atoms with E-state index in [0.29, 0.717) is 13.2 Å². The van der Waals surface area contributed by atoms with E-state index in [0.717, 1.165) is 33.5 Å². The van der Waals surface area contributed by atoms with E-state index >= 15 is 0 Å². The van der Waals surface area contributed by atoms with Gasteiger partial charge in [-0.3, -0.25) is 0 Å². The lowest BCUT2D eigenvalue weighted by molar-refractivity contribution is 0.237. The van der Waals surface area contributed by atoms with Crippen LogP contribution in [0.4, 0.5) is 0 Å². The number of hydrogen-bond donors (Lipinski definition) is 1. The van der Waals surface area contributed by atoms with Gasteiger partial charge < -0.3 is 14.8 Å². The number of methoxy groups -OCH3 is 1. The van der Waals surface area contributed by atoms with Gasteiger partial charge in [0.2, 0.25) is 0 Å². The molecule has 2 aromatic rings. The summed E-state index contributed by atoms with van der Waals surface area (Å²) in [6.07, 6.45) is 1.07. The molecule has 2 rings (SSSR count). The molecule has 0 aliphatic rings. The van der Waals surface area contributed by atoms with Crippen molar-refractivity contribution in [3.05, 3.63) is 57.6 Å². The molecule has 0 saturated heterocycles. The molecule has 0 saturated carbocycles. The highest BCUT2D eigenvalue weighted by molar-refractivity contribution is 9.10. The van der Waals surface area contributed by atoms with Gasteiger partial charge in [-0.05, 0) is 50.3 Å². The Balaban J connectivity index is 2.21. The molecule has 3 nitrogen and oxygen atoms in total. The number of halogens is 1. The standard InChI is InChI=1S/C24H34BrNO2/c1-17-8-10-18(11-9-17)15-28-22-19(20(25)12-13-21(22)27-7)14-26-24(5,6)16-23(2,3)4/h8-13,26H,14-16H2,1-7H3. The van der Waals surface area contributed by atoms with Gasteiger partial charge in [-0.2, -0.15) is 0 Å². The van der Waals surface area contributed by atoms with Crippen LogP contribution in [0.2, 0.25) is 0 Å². The minimum Gasteiger partial charge on any atom is -0.493 e. The Morgan fingerprint density at radius 2 is 1.61 bits per heavy atom. The second-order valence-electron chi connectivity index (χ2n) is 9.31. The first-order chi connectivity index (χ1) is 13.0. The van der Waals surface area contributed by atoms with Crippen molar-refractivity contribution in [2.24, 2.45) is 5.41 Å². The quantitative estimate of drug-likeness (QED) is 0.491. The van der Waals surface area contributed by atoms with Crippen molar-refractivity contribution in [1.82, 2.24) is 5.32 Å². The third-order valence-corrected chi connectivity index (χ3v) is 5.35. The summed E-state index contributed by atoms with van der Waals surface area (Å²) in [5.41, 5.74) is 3.73. The van der Waals surface area contributed by atoms with Gasteiger partial charge in [0.1, 0.15) is 6.61 Å². The molecular weight excluding hydrogens is 414 g/mol. The number of aryl methyl sites for hydroxylation is 1. The van der Waals surface area contributed by atoms with Crippen molar-refractivity contribution in [2.45, 2.75) is 66.7 Å². The fourth-order valence-corrected chi connectivity index (χ4v) is 4.07. The maximum Gasteiger partial charge on any atom is 0.167 e. The molecule has 28 heavy (non-hydrogen) atoms. The molecule has 4 heteroatoms. The summed E-state index contributed by atoms with van der Waals surface area (Å²) in [5, 5.41) is 3.70. The van der Waals surface area contributed by atoms with Gasteiger partial charge >= 0.3 is 0 Å². The van der Waals surface area contributed by atoms with Crippen LogP contribution in [0.3, 0.4) is 0 Å². The molecule has 154 valence electrons. The maximum absolute atomic E-state index is 6.24. The Hall–Kier alpha value is -1.52. The number of benzene rings is 2. The van der Waals surface area contributed by atoms with Gasteiger partial charge in [-0.1, -0.05) is 66.5 Å². The predicted octanol–water partition coefficient (Wildman–Crippen LogP) is 6.65. The first-order valence-corrected chi connectivity index (χ1v) is 10.6. The zero-order chi connectivity index (χ0) is 20.9. The van der Waals surface area contributed by atoms with Gasteiger partial charge in [-0.25, -0.2) is 0 Å². The average Bonchev–Trinajstić information content (AvgIpc) is 2.58. The Kier molecular flexibility index (Phi) is 7.58. The van der Waals surface area contributed by atoms with Crippen LogP contribution in [0.25, 0.3) is 0 Å². The second-order valence-corrected chi connectivity index (χ2v) is 10.2. The summed E-state index contributed by atoms with van der Waals surface area (Å²) in [4.78, 5) is 0. The highest BCUT2D eigenvalue weighted by Crippen LogP contribution is 2.37. The maximum atomic E-state index is 6.24. The van der Waals surface area contributed by atoms with Crippen LogP contribution in [0.1, 0.15) is 57.7 Å².